The number of aliphatic hydroxyl groups excluding tert-OH is 1. The van der Waals surface area contributed by atoms with E-state index in [4.69, 9.17) is 9.84 Å². The van der Waals surface area contributed by atoms with Crippen LogP contribution in [0, 0.1) is 11.3 Å². The molecule has 0 spiro atoms. The Hall–Kier alpha value is -0.340. The van der Waals surface area contributed by atoms with Gasteiger partial charge < -0.3 is 9.84 Å². The van der Waals surface area contributed by atoms with E-state index in [-0.39, 0.29) is 12.0 Å². The average Bonchev–Trinajstić information content (AvgIpc) is 2.13. The number of aliphatic hydroxyl groups is 1. The van der Waals surface area contributed by atoms with Crippen LogP contribution in [0.15, 0.2) is 11.6 Å². The predicted octanol–water partition coefficient (Wildman–Crippen LogP) is 2.38. The van der Waals surface area contributed by atoms with Gasteiger partial charge in [0, 0.05) is 7.11 Å². The maximum Gasteiger partial charge on any atom is 0.0615 e. The first-order valence-electron chi connectivity index (χ1n) is 5.35. The highest BCUT2D eigenvalue weighted by Gasteiger charge is 2.37. The summed E-state index contributed by atoms with van der Waals surface area (Å²) in [6, 6.07) is 0. The summed E-state index contributed by atoms with van der Waals surface area (Å²) >= 11 is 0. The Labute approximate surface area is 87.0 Å². The predicted molar refractivity (Wildman–Crippen MR) is 58.1 cm³/mol. The number of ether oxygens (including phenoxy) is 1. The summed E-state index contributed by atoms with van der Waals surface area (Å²) in [5.41, 5.74) is 1.54. The second-order valence-electron chi connectivity index (χ2n) is 4.83. The quantitative estimate of drug-likeness (QED) is 0.690. The largest absolute Gasteiger partial charge is 0.392 e. The average molecular weight is 198 g/mol. The maximum absolute atomic E-state index is 8.98. The Kier molecular flexibility index (Phi) is 3.73. The molecule has 14 heavy (non-hydrogen) atoms. The standard InChI is InChI=1S/C12H22O2/c1-9-7-11(14-4)8-10(5-6-13)12(9,2)3/h5,9,11,13H,6-8H2,1-4H3/b10-5-. The van der Waals surface area contributed by atoms with E-state index in [1.165, 1.54) is 5.57 Å². The lowest BCUT2D eigenvalue weighted by atomic mass is 9.65. The topological polar surface area (TPSA) is 29.5 Å². The fourth-order valence-electron chi connectivity index (χ4n) is 2.23. The lowest BCUT2D eigenvalue weighted by Gasteiger charge is -2.42. The molecule has 0 radical (unpaired) electrons. The fourth-order valence-corrected chi connectivity index (χ4v) is 2.23. The molecule has 1 aliphatic rings. The molecule has 0 bridgehead atoms. The minimum Gasteiger partial charge on any atom is -0.392 e. The van der Waals surface area contributed by atoms with Crippen LogP contribution in [-0.4, -0.2) is 24.9 Å². The summed E-state index contributed by atoms with van der Waals surface area (Å²) in [5.74, 6) is 0.610. The van der Waals surface area contributed by atoms with Crippen LogP contribution in [0.1, 0.15) is 33.6 Å². The van der Waals surface area contributed by atoms with Gasteiger partial charge in [0.05, 0.1) is 12.7 Å². The van der Waals surface area contributed by atoms with Crippen LogP contribution in [0.5, 0.6) is 0 Å². The SMILES string of the molecule is COC1C/C(=C/CO)C(C)(C)C(C)C1. The van der Waals surface area contributed by atoms with Gasteiger partial charge in [-0.3, -0.25) is 0 Å². The Morgan fingerprint density at radius 1 is 1.57 bits per heavy atom. The van der Waals surface area contributed by atoms with Gasteiger partial charge in [0.25, 0.3) is 0 Å². The van der Waals surface area contributed by atoms with Crippen molar-refractivity contribution in [1.82, 2.24) is 0 Å². The highest BCUT2D eigenvalue weighted by Crippen LogP contribution is 2.44. The molecule has 0 aromatic carbocycles. The molecule has 82 valence electrons. The van der Waals surface area contributed by atoms with Gasteiger partial charge in [-0.05, 0) is 24.2 Å². The molecule has 0 aromatic heterocycles. The monoisotopic (exact) mass is 198 g/mol. The molecule has 2 heteroatoms. The van der Waals surface area contributed by atoms with Crippen molar-refractivity contribution in [1.29, 1.82) is 0 Å². The summed E-state index contributed by atoms with van der Waals surface area (Å²) < 4.78 is 5.41. The Morgan fingerprint density at radius 2 is 2.21 bits per heavy atom. The maximum atomic E-state index is 8.98. The number of rotatable bonds is 2. The molecular formula is C12H22O2. The normalized spacial score (nSPS) is 34.8. The second-order valence-corrected chi connectivity index (χ2v) is 4.83. The van der Waals surface area contributed by atoms with Gasteiger partial charge in [-0.2, -0.15) is 0 Å². The van der Waals surface area contributed by atoms with E-state index < -0.39 is 0 Å². The molecule has 0 heterocycles. The van der Waals surface area contributed by atoms with Crippen molar-refractivity contribution in [2.75, 3.05) is 13.7 Å². The molecule has 2 unspecified atom stereocenters. The van der Waals surface area contributed by atoms with Crippen LogP contribution in [0.25, 0.3) is 0 Å². The highest BCUT2D eigenvalue weighted by atomic mass is 16.5. The molecule has 2 nitrogen and oxygen atoms in total. The minimum absolute atomic E-state index is 0.141. The highest BCUT2D eigenvalue weighted by molar-refractivity contribution is 5.18. The number of hydrogen-bond donors (Lipinski definition) is 1. The van der Waals surface area contributed by atoms with Crippen molar-refractivity contribution in [3.63, 3.8) is 0 Å². The molecule has 1 N–H and O–H groups in total. The van der Waals surface area contributed by atoms with Crippen molar-refractivity contribution >= 4 is 0 Å². The van der Waals surface area contributed by atoms with E-state index >= 15 is 0 Å². The van der Waals surface area contributed by atoms with Crippen LogP contribution in [0.4, 0.5) is 0 Å². The van der Waals surface area contributed by atoms with Crippen molar-refractivity contribution in [3.05, 3.63) is 11.6 Å². The van der Waals surface area contributed by atoms with E-state index in [2.05, 4.69) is 20.8 Å². The van der Waals surface area contributed by atoms with Gasteiger partial charge in [0.15, 0.2) is 0 Å². The van der Waals surface area contributed by atoms with Crippen LogP contribution in [0.3, 0.4) is 0 Å². The third kappa shape index (κ3) is 2.18. The van der Waals surface area contributed by atoms with E-state index in [0.29, 0.717) is 12.0 Å². The second kappa shape index (κ2) is 4.45. The van der Waals surface area contributed by atoms with Crippen LogP contribution >= 0.6 is 0 Å². The lowest BCUT2D eigenvalue weighted by Crippen LogP contribution is -2.35. The molecular weight excluding hydrogens is 176 g/mol. The van der Waals surface area contributed by atoms with Gasteiger partial charge in [-0.25, -0.2) is 0 Å². The summed E-state index contributed by atoms with van der Waals surface area (Å²) in [5, 5.41) is 8.98. The van der Waals surface area contributed by atoms with Gasteiger partial charge in [0.2, 0.25) is 0 Å². The van der Waals surface area contributed by atoms with E-state index in [9.17, 15) is 0 Å². The van der Waals surface area contributed by atoms with Crippen molar-refractivity contribution in [2.24, 2.45) is 11.3 Å². The molecule has 1 aliphatic carbocycles. The molecule has 0 saturated heterocycles. The van der Waals surface area contributed by atoms with Gasteiger partial charge >= 0.3 is 0 Å². The number of hydrogen-bond acceptors (Lipinski definition) is 2. The Balaban J connectivity index is 2.84. The molecule has 0 aromatic rings. The smallest absolute Gasteiger partial charge is 0.0615 e. The zero-order chi connectivity index (χ0) is 10.8. The molecule has 0 aliphatic heterocycles. The zero-order valence-corrected chi connectivity index (χ0v) is 9.71. The lowest BCUT2D eigenvalue weighted by molar-refractivity contribution is 0.0368. The summed E-state index contributed by atoms with van der Waals surface area (Å²) in [7, 11) is 1.77. The fraction of sp³-hybridized carbons (Fsp3) is 0.833. The first-order chi connectivity index (χ1) is 6.52. The molecule has 1 fully saturated rings. The van der Waals surface area contributed by atoms with Crippen LogP contribution < -0.4 is 0 Å². The van der Waals surface area contributed by atoms with Crippen molar-refractivity contribution < 1.29 is 9.84 Å². The molecule has 1 rings (SSSR count). The minimum atomic E-state index is 0.141. The van der Waals surface area contributed by atoms with Gasteiger partial charge in [-0.15, -0.1) is 0 Å². The summed E-state index contributed by atoms with van der Waals surface area (Å²) in [6.07, 6.45) is 4.36. The molecule has 1 saturated carbocycles. The third-order valence-electron chi connectivity index (χ3n) is 3.79. The summed E-state index contributed by atoms with van der Waals surface area (Å²) in [4.78, 5) is 0. The zero-order valence-electron chi connectivity index (χ0n) is 9.71. The van der Waals surface area contributed by atoms with Crippen LogP contribution in [0.2, 0.25) is 0 Å². The number of methoxy groups -OCH3 is 1. The Morgan fingerprint density at radius 3 is 2.71 bits per heavy atom. The molecule has 2 atom stereocenters. The van der Waals surface area contributed by atoms with Crippen molar-refractivity contribution in [2.45, 2.75) is 39.7 Å². The van der Waals surface area contributed by atoms with Gasteiger partial charge in [0.1, 0.15) is 0 Å². The Bertz CT molecular complexity index is 218. The van der Waals surface area contributed by atoms with E-state index in [1.54, 1.807) is 7.11 Å². The molecule has 0 amide bonds. The summed E-state index contributed by atoms with van der Waals surface area (Å²) in [6.45, 7) is 6.91. The van der Waals surface area contributed by atoms with Crippen molar-refractivity contribution in [3.8, 4) is 0 Å². The van der Waals surface area contributed by atoms with Crippen LogP contribution in [-0.2, 0) is 4.74 Å². The van der Waals surface area contributed by atoms with Gasteiger partial charge in [-0.1, -0.05) is 32.4 Å². The third-order valence-corrected chi connectivity index (χ3v) is 3.79. The first kappa shape index (κ1) is 11.7. The first-order valence-corrected chi connectivity index (χ1v) is 5.35. The van der Waals surface area contributed by atoms with E-state index in [1.807, 2.05) is 6.08 Å². The van der Waals surface area contributed by atoms with E-state index in [0.717, 1.165) is 12.8 Å².